The lowest BCUT2D eigenvalue weighted by atomic mass is 10.1. The summed E-state index contributed by atoms with van der Waals surface area (Å²) in [5.74, 6) is -0.663. The smallest absolute Gasteiger partial charge is 0.335 e. The summed E-state index contributed by atoms with van der Waals surface area (Å²) in [6, 6.07) is 20.3. The van der Waals surface area contributed by atoms with Crippen LogP contribution in [0.5, 0.6) is 11.5 Å². The van der Waals surface area contributed by atoms with Crippen molar-refractivity contribution in [2.24, 2.45) is 0 Å². The van der Waals surface area contributed by atoms with E-state index >= 15 is 0 Å². The third-order valence-electron chi connectivity index (χ3n) is 7.62. The minimum Gasteiger partial charge on any atom is -0.493 e. The minimum atomic E-state index is -1.07. The molecule has 1 amide bonds. The van der Waals surface area contributed by atoms with Crippen LogP contribution in [0.15, 0.2) is 72.8 Å². The molecule has 2 N–H and O–H groups in total. The summed E-state index contributed by atoms with van der Waals surface area (Å²) in [6.45, 7) is 3.67. The zero-order valence-electron chi connectivity index (χ0n) is 26.4. The van der Waals surface area contributed by atoms with E-state index in [4.69, 9.17) is 9.47 Å². The molecule has 0 saturated heterocycles. The van der Waals surface area contributed by atoms with Crippen LogP contribution in [0.2, 0.25) is 0 Å². The second-order valence-corrected chi connectivity index (χ2v) is 11.3. The number of ether oxygens (including phenoxy) is 2. The third-order valence-corrected chi connectivity index (χ3v) is 7.62. The number of benzene rings is 3. The van der Waals surface area contributed by atoms with Gasteiger partial charge < -0.3 is 24.6 Å². The molecule has 0 heterocycles. The highest BCUT2D eigenvalue weighted by Gasteiger charge is 2.18. The Hall–Kier alpha value is -4.33. The van der Waals surface area contributed by atoms with Crippen molar-refractivity contribution in [3.63, 3.8) is 0 Å². The lowest BCUT2D eigenvalue weighted by Crippen LogP contribution is -2.30. The van der Waals surface area contributed by atoms with E-state index in [-0.39, 0.29) is 30.0 Å². The molecule has 242 valence electrons. The fourth-order valence-corrected chi connectivity index (χ4v) is 5.03. The topological polar surface area (TPSA) is 113 Å². The molecule has 0 bridgehead atoms. The van der Waals surface area contributed by atoms with E-state index in [1.54, 1.807) is 29.2 Å². The summed E-state index contributed by atoms with van der Waals surface area (Å²) in [7, 11) is 0. The van der Waals surface area contributed by atoms with Gasteiger partial charge in [0.05, 0.1) is 30.9 Å². The molecular weight excluding hydrogens is 570 g/mol. The molecule has 8 nitrogen and oxygen atoms in total. The van der Waals surface area contributed by atoms with Crippen LogP contribution >= 0.6 is 0 Å². The molecule has 3 aromatic carbocycles. The molecule has 0 aliphatic carbocycles. The lowest BCUT2D eigenvalue weighted by Gasteiger charge is -2.24. The Morgan fingerprint density at radius 1 is 0.622 bits per heavy atom. The van der Waals surface area contributed by atoms with Gasteiger partial charge in [-0.2, -0.15) is 0 Å². The number of unbranched alkanes of at least 4 members (excludes halogenated alkanes) is 9. The van der Waals surface area contributed by atoms with Crippen molar-refractivity contribution in [2.45, 2.75) is 90.5 Å². The fourth-order valence-electron chi connectivity index (χ4n) is 5.03. The number of carbonyl (C=O) groups excluding carboxylic acids is 1. The van der Waals surface area contributed by atoms with Crippen molar-refractivity contribution in [1.82, 2.24) is 0 Å². The van der Waals surface area contributed by atoms with Crippen molar-refractivity contribution < 1.29 is 34.1 Å². The normalized spacial score (nSPS) is 10.8. The van der Waals surface area contributed by atoms with Gasteiger partial charge in [0.15, 0.2) is 0 Å². The largest absolute Gasteiger partial charge is 0.493 e. The van der Waals surface area contributed by atoms with Gasteiger partial charge in [0.2, 0.25) is 5.91 Å². The summed E-state index contributed by atoms with van der Waals surface area (Å²) in [6.07, 6.45) is 12.6. The van der Waals surface area contributed by atoms with Gasteiger partial charge in [-0.15, -0.1) is 0 Å². The van der Waals surface area contributed by atoms with Gasteiger partial charge in [-0.05, 0) is 73.7 Å². The van der Waals surface area contributed by atoms with E-state index in [1.165, 1.54) is 69.2 Å². The number of amides is 1. The number of carbonyl (C=O) groups is 3. The molecule has 0 aromatic heterocycles. The van der Waals surface area contributed by atoms with Gasteiger partial charge in [-0.3, -0.25) is 4.79 Å². The summed E-state index contributed by atoms with van der Waals surface area (Å²) in [5, 5.41) is 18.6. The zero-order valence-corrected chi connectivity index (χ0v) is 26.4. The van der Waals surface area contributed by atoms with Crippen molar-refractivity contribution in [2.75, 3.05) is 18.1 Å². The first-order chi connectivity index (χ1) is 21.9. The number of nitrogens with zero attached hydrogens (tertiary/aromatic N) is 1. The number of carboxylic acid groups (broad SMARTS) is 2. The summed E-state index contributed by atoms with van der Waals surface area (Å²) in [5.41, 5.74) is 1.47. The maximum atomic E-state index is 13.3. The maximum Gasteiger partial charge on any atom is 0.335 e. The van der Waals surface area contributed by atoms with Crippen molar-refractivity contribution in [1.29, 1.82) is 0 Å². The number of carboxylic acids is 2. The number of rotatable bonds is 22. The number of anilines is 1. The molecule has 0 aliphatic heterocycles. The van der Waals surface area contributed by atoms with E-state index in [1.807, 2.05) is 24.3 Å². The molecule has 0 radical (unpaired) electrons. The molecule has 8 heteroatoms. The van der Waals surface area contributed by atoms with Crippen LogP contribution in [0.25, 0.3) is 0 Å². The van der Waals surface area contributed by atoms with E-state index in [2.05, 4.69) is 6.92 Å². The molecule has 45 heavy (non-hydrogen) atoms. The average Bonchev–Trinajstić information content (AvgIpc) is 3.04. The highest BCUT2D eigenvalue weighted by Crippen LogP contribution is 2.23. The van der Waals surface area contributed by atoms with E-state index < -0.39 is 11.9 Å². The van der Waals surface area contributed by atoms with Crippen LogP contribution in [0.3, 0.4) is 0 Å². The Labute approximate surface area is 267 Å². The molecule has 0 unspecified atom stereocenters. The first-order valence-corrected chi connectivity index (χ1v) is 16.2. The van der Waals surface area contributed by atoms with E-state index in [0.717, 1.165) is 36.3 Å². The van der Waals surface area contributed by atoms with Gasteiger partial charge in [0.1, 0.15) is 11.5 Å². The summed E-state index contributed by atoms with van der Waals surface area (Å²) < 4.78 is 11.9. The standard InChI is InChI=1S/C37H47NO7/c1-2-3-4-5-6-7-8-11-24-44-33-17-14-18-34(27-33)45-25-12-9-10-19-35(39)38(32-16-13-15-31(26-32)37(42)43)28-29-20-22-30(23-21-29)36(40)41/h13-18,20-23,26-27H,2-12,19,24-25,28H2,1H3,(H,40,41)(H,42,43). The van der Waals surface area contributed by atoms with Crippen LogP contribution in [-0.4, -0.2) is 41.3 Å². The van der Waals surface area contributed by atoms with Gasteiger partial charge in [0.25, 0.3) is 0 Å². The number of aromatic carboxylic acids is 2. The maximum absolute atomic E-state index is 13.3. The second-order valence-electron chi connectivity index (χ2n) is 11.3. The van der Waals surface area contributed by atoms with E-state index in [9.17, 15) is 24.6 Å². The highest BCUT2D eigenvalue weighted by atomic mass is 16.5. The monoisotopic (exact) mass is 617 g/mol. The highest BCUT2D eigenvalue weighted by molar-refractivity contribution is 5.95. The van der Waals surface area contributed by atoms with Crippen molar-refractivity contribution in [3.8, 4) is 11.5 Å². The Bertz CT molecular complexity index is 1340. The lowest BCUT2D eigenvalue weighted by molar-refractivity contribution is -0.118. The summed E-state index contributed by atoms with van der Waals surface area (Å²) in [4.78, 5) is 37.6. The summed E-state index contributed by atoms with van der Waals surface area (Å²) >= 11 is 0. The Morgan fingerprint density at radius 3 is 1.78 bits per heavy atom. The molecule has 3 rings (SSSR count). The molecule has 0 aliphatic rings. The molecule has 0 fully saturated rings. The Balaban J connectivity index is 1.42. The second kappa shape index (κ2) is 19.8. The van der Waals surface area contributed by atoms with Crippen LogP contribution < -0.4 is 14.4 Å². The van der Waals surface area contributed by atoms with Gasteiger partial charge in [-0.1, -0.05) is 76.1 Å². The fraction of sp³-hybridized carbons (Fsp3) is 0.432. The van der Waals surface area contributed by atoms with Crippen LogP contribution in [0.1, 0.15) is 110 Å². The average molecular weight is 618 g/mol. The molecule has 0 spiro atoms. The third kappa shape index (κ3) is 13.1. The molecule has 3 aromatic rings. The van der Waals surface area contributed by atoms with Gasteiger partial charge >= 0.3 is 11.9 Å². The zero-order chi connectivity index (χ0) is 32.3. The SMILES string of the molecule is CCCCCCCCCCOc1cccc(OCCCCCC(=O)N(Cc2ccc(C(=O)O)cc2)c2cccc(C(=O)O)c2)c1. The van der Waals surface area contributed by atoms with Crippen LogP contribution in [0, 0.1) is 0 Å². The first-order valence-electron chi connectivity index (χ1n) is 16.2. The van der Waals surface area contributed by atoms with E-state index in [0.29, 0.717) is 25.3 Å². The number of hydrogen-bond donors (Lipinski definition) is 2. The predicted molar refractivity (Wildman–Crippen MR) is 177 cm³/mol. The molecule has 0 atom stereocenters. The van der Waals surface area contributed by atoms with Crippen molar-refractivity contribution >= 4 is 23.5 Å². The van der Waals surface area contributed by atoms with Gasteiger partial charge in [-0.25, -0.2) is 9.59 Å². The molecule has 0 saturated carbocycles. The van der Waals surface area contributed by atoms with Crippen LogP contribution in [-0.2, 0) is 11.3 Å². The quantitative estimate of drug-likeness (QED) is 0.108. The van der Waals surface area contributed by atoms with Crippen LogP contribution in [0.4, 0.5) is 5.69 Å². The minimum absolute atomic E-state index is 0.0892. The number of hydrogen-bond acceptors (Lipinski definition) is 5. The van der Waals surface area contributed by atoms with Gasteiger partial charge in [0, 0.05) is 18.2 Å². The predicted octanol–water partition coefficient (Wildman–Crippen LogP) is 8.78. The molecular formula is C37H47NO7. The van der Waals surface area contributed by atoms with Crippen molar-refractivity contribution in [3.05, 3.63) is 89.5 Å². The Kier molecular flexibility index (Phi) is 15.5. The first kappa shape index (κ1) is 35.2. The Morgan fingerprint density at radius 2 is 1.18 bits per heavy atom.